The molecule has 2 rings (SSSR count). The molecule has 132 valence electrons. The Bertz CT molecular complexity index is 449. The van der Waals surface area contributed by atoms with Crippen LogP contribution < -0.4 is 5.32 Å². The maximum atomic E-state index is 9.77. The molecule has 23 heavy (non-hydrogen) atoms. The first-order valence-corrected chi connectivity index (χ1v) is 8.44. The van der Waals surface area contributed by atoms with Gasteiger partial charge >= 0.3 is 0 Å². The summed E-state index contributed by atoms with van der Waals surface area (Å²) >= 11 is 0. The number of halogens is 1. The van der Waals surface area contributed by atoms with Crippen molar-refractivity contribution in [2.75, 3.05) is 26.2 Å². The molecule has 0 bridgehead atoms. The second-order valence-corrected chi connectivity index (χ2v) is 6.05. The highest BCUT2D eigenvalue weighted by atomic mass is 127. The van der Waals surface area contributed by atoms with Crippen molar-refractivity contribution in [3.05, 3.63) is 24.2 Å². The second kappa shape index (κ2) is 10.9. The number of hydrogen-bond acceptors (Lipinski definition) is 3. The van der Waals surface area contributed by atoms with Crippen molar-refractivity contribution in [3.8, 4) is 0 Å². The first-order chi connectivity index (χ1) is 10.7. The van der Waals surface area contributed by atoms with Gasteiger partial charge in [-0.05, 0) is 31.9 Å². The van der Waals surface area contributed by atoms with Crippen LogP contribution in [0, 0.1) is 5.92 Å². The van der Waals surface area contributed by atoms with E-state index < -0.39 is 0 Å². The third-order valence-electron chi connectivity index (χ3n) is 4.21. The number of aliphatic imine (C=N–C) groups is 1. The molecule has 1 aliphatic rings. The monoisotopic (exact) mass is 435 g/mol. The molecule has 6 heteroatoms. The zero-order valence-electron chi connectivity index (χ0n) is 14.2. The van der Waals surface area contributed by atoms with Crippen molar-refractivity contribution >= 4 is 29.9 Å². The van der Waals surface area contributed by atoms with Crippen LogP contribution in [0.3, 0.4) is 0 Å². The molecule has 0 radical (unpaired) electrons. The van der Waals surface area contributed by atoms with Gasteiger partial charge in [-0.25, -0.2) is 0 Å². The fourth-order valence-electron chi connectivity index (χ4n) is 2.74. The Balaban J connectivity index is 0.00000264. The van der Waals surface area contributed by atoms with Crippen LogP contribution in [0.25, 0.3) is 0 Å². The van der Waals surface area contributed by atoms with E-state index in [0.717, 1.165) is 63.6 Å². The molecule has 1 aliphatic heterocycles. The molecule has 0 saturated carbocycles. The second-order valence-electron chi connectivity index (χ2n) is 6.05. The predicted molar refractivity (Wildman–Crippen MR) is 104 cm³/mol. The quantitative estimate of drug-likeness (QED) is 0.299. The maximum absolute atomic E-state index is 9.77. The van der Waals surface area contributed by atoms with Gasteiger partial charge in [0.05, 0.1) is 12.4 Å². The minimum Gasteiger partial charge on any atom is -0.469 e. The number of furan rings is 1. The number of guanidine groups is 1. The molecule has 0 amide bonds. The van der Waals surface area contributed by atoms with Crippen LogP contribution in [-0.2, 0) is 6.42 Å². The third-order valence-corrected chi connectivity index (χ3v) is 4.21. The van der Waals surface area contributed by atoms with Crippen molar-refractivity contribution in [2.45, 2.75) is 45.6 Å². The number of aliphatic hydroxyl groups excluding tert-OH is 1. The van der Waals surface area contributed by atoms with Gasteiger partial charge in [-0.2, -0.15) is 0 Å². The Labute approximate surface area is 156 Å². The lowest BCUT2D eigenvalue weighted by Gasteiger charge is -2.22. The molecule has 0 aliphatic carbocycles. The van der Waals surface area contributed by atoms with Gasteiger partial charge in [-0.3, -0.25) is 4.99 Å². The third kappa shape index (κ3) is 6.71. The van der Waals surface area contributed by atoms with Crippen LogP contribution in [0.15, 0.2) is 27.8 Å². The normalized spacial score (nSPS) is 19.5. The number of nitrogens with one attached hydrogen (secondary N) is 1. The van der Waals surface area contributed by atoms with E-state index in [2.05, 4.69) is 17.1 Å². The number of likely N-dealkylation sites (tertiary alicyclic amines) is 1. The highest BCUT2D eigenvalue weighted by Gasteiger charge is 2.27. The summed E-state index contributed by atoms with van der Waals surface area (Å²) in [6, 6.07) is 3.91. The van der Waals surface area contributed by atoms with Gasteiger partial charge in [0.15, 0.2) is 5.96 Å². The van der Waals surface area contributed by atoms with Crippen LogP contribution in [0.5, 0.6) is 0 Å². The lowest BCUT2D eigenvalue weighted by Crippen LogP contribution is -2.41. The molecule has 1 aromatic rings. The van der Waals surface area contributed by atoms with Gasteiger partial charge in [0.2, 0.25) is 0 Å². The molecular weight excluding hydrogens is 405 g/mol. The number of hydrogen-bond donors (Lipinski definition) is 2. The van der Waals surface area contributed by atoms with E-state index >= 15 is 0 Å². The van der Waals surface area contributed by atoms with E-state index in [-0.39, 0.29) is 30.1 Å². The smallest absolute Gasteiger partial charge is 0.193 e. The van der Waals surface area contributed by atoms with Crippen LogP contribution >= 0.6 is 24.0 Å². The standard InChI is InChI=1S/C17H29N3O2.HI/c1-3-4-9-18-17(19-10-7-16-6-5-12-22-16)20-11-8-15(13-20)14(2)21;/h5-6,12,14-15,21H,3-4,7-11,13H2,1-2H3,(H,18,19);1H. The van der Waals surface area contributed by atoms with Crippen molar-refractivity contribution in [2.24, 2.45) is 10.9 Å². The maximum Gasteiger partial charge on any atom is 0.193 e. The fraction of sp³-hybridized carbons (Fsp3) is 0.706. The van der Waals surface area contributed by atoms with Crippen LogP contribution in [0.4, 0.5) is 0 Å². The fourth-order valence-corrected chi connectivity index (χ4v) is 2.74. The number of aliphatic hydroxyl groups is 1. The van der Waals surface area contributed by atoms with E-state index in [1.54, 1.807) is 6.26 Å². The summed E-state index contributed by atoms with van der Waals surface area (Å²) in [6.45, 7) is 7.58. The van der Waals surface area contributed by atoms with E-state index in [9.17, 15) is 5.11 Å². The Morgan fingerprint density at radius 1 is 1.57 bits per heavy atom. The number of unbranched alkanes of at least 4 members (excludes halogenated alkanes) is 1. The minimum absolute atomic E-state index is 0. The average molecular weight is 435 g/mol. The van der Waals surface area contributed by atoms with Crippen molar-refractivity contribution in [1.29, 1.82) is 0 Å². The van der Waals surface area contributed by atoms with E-state index in [1.807, 2.05) is 19.1 Å². The van der Waals surface area contributed by atoms with E-state index in [0.29, 0.717) is 5.92 Å². The summed E-state index contributed by atoms with van der Waals surface area (Å²) in [5.41, 5.74) is 0. The van der Waals surface area contributed by atoms with Crippen molar-refractivity contribution in [3.63, 3.8) is 0 Å². The Morgan fingerprint density at radius 2 is 2.39 bits per heavy atom. The summed E-state index contributed by atoms with van der Waals surface area (Å²) < 4.78 is 5.36. The molecule has 2 atom stereocenters. The van der Waals surface area contributed by atoms with Crippen LogP contribution in [0.1, 0.15) is 38.9 Å². The molecular formula is C17H30IN3O2. The van der Waals surface area contributed by atoms with Crippen molar-refractivity contribution < 1.29 is 9.52 Å². The number of nitrogens with zero attached hydrogens (tertiary/aromatic N) is 2. The first-order valence-electron chi connectivity index (χ1n) is 8.44. The highest BCUT2D eigenvalue weighted by Crippen LogP contribution is 2.19. The van der Waals surface area contributed by atoms with Crippen molar-refractivity contribution in [1.82, 2.24) is 10.2 Å². The SMILES string of the molecule is CCCCN=C(NCCc1ccco1)N1CCC(C(C)O)C1.I. The van der Waals surface area contributed by atoms with Gasteiger partial charge in [-0.15, -0.1) is 24.0 Å². The van der Waals surface area contributed by atoms with Crippen LogP contribution in [0.2, 0.25) is 0 Å². The van der Waals surface area contributed by atoms with Gasteiger partial charge in [0.25, 0.3) is 0 Å². The summed E-state index contributed by atoms with van der Waals surface area (Å²) in [6.07, 6.45) is 5.61. The first kappa shape index (κ1) is 20.3. The van der Waals surface area contributed by atoms with Gasteiger partial charge < -0.3 is 19.7 Å². The molecule has 1 fully saturated rings. The van der Waals surface area contributed by atoms with Crippen LogP contribution in [-0.4, -0.2) is 48.2 Å². The lowest BCUT2D eigenvalue weighted by atomic mass is 10.0. The molecule has 0 aromatic carbocycles. The summed E-state index contributed by atoms with van der Waals surface area (Å²) in [5.74, 6) is 2.31. The van der Waals surface area contributed by atoms with Gasteiger partial charge in [0, 0.05) is 38.5 Å². The molecule has 0 spiro atoms. The molecule has 1 saturated heterocycles. The Hall–Kier alpha value is -0.760. The molecule has 2 N–H and O–H groups in total. The topological polar surface area (TPSA) is 61.0 Å². The van der Waals surface area contributed by atoms with E-state index in [4.69, 9.17) is 9.41 Å². The van der Waals surface area contributed by atoms with Gasteiger partial charge in [-0.1, -0.05) is 13.3 Å². The summed E-state index contributed by atoms with van der Waals surface area (Å²) in [5, 5.41) is 13.2. The zero-order chi connectivity index (χ0) is 15.8. The predicted octanol–water partition coefficient (Wildman–Crippen LogP) is 2.89. The average Bonchev–Trinajstić information content (AvgIpc) is 3.17. The minimum atomic E-state index is -0.245. The number of rotatable bonds is 7. The molecule has 5 nitrogen and oxygen atoms in total. The van der Waals surface area contributed by atoms with E-state index in [1.165, 1.54) is 0 Å². The molecule has 2 heterocycles. The Morgan fingerprint density at radius 3 is 3.00 bits per heavy atom. The summed E-state index contributed by atoms with van der Waals surface area (Å²) in [7, 11) is 0. The molecule has 2 unspecified atom stereocenters. The molecule has 1 aromatic heterocycles. The zero-order valence-corrected chi connectivity index (χ0v) is 16.5. The largest absolute Gasteiger partial charge is 0.469 e. The Kier molecular flexibility index (Phi) is 9.62. The lowest BCUT2D eigenvalue weighted by molar-refractivity contribution is 0.132. The van der Waals surface area contributed by atoms with Gasteiger partial charge in [0.1, 0.15) is 5.76 Å². The highest BCUT2D eigenvalue weighted by molar-refractivity contribution is 14.0. The summed E-state index contributed by atoms with van der Waals surface area (Å²) in [4.78, 5) is 7.00.